The molecule has 2 N–H and O–H groups in total. The number of fused-ring (bicyclic) bond motifs is 1. The van der Waals surface area contributed by atoms with E-state index in [2.05, 4.69) is 57.1 Å². The maximum atomic E-state index is 5.03. The fourth-order valence-electron chi connectivity index (χ4n) is 4.31. The summed E-state index contributed by atoms with van der Waals surface area (Å²) >= 11 is 0. The number of nitrogens with zero attached hydrogens (tertiary/aromatic N) is 4. The standard InChI is InChI=1S/C26H26N6/c1-2-13-28-23(5-1)20-8-6-18(7-9-20)15-29-25-14-24(21-4-3-12-27-16-21)31-26-22(19-10-11-19)17-30-32(25)26/h1-2,4-9,13-14,17,19,27,29H,3,10-12,15-16H2. The third kappa shape index (κ3) is 3.78. The molecule has 1 fully saturated rings. The number of aromatic nitrogens is 4. The molecule has 160 valence electrons. The normalized spacial score (nSPS) is 16.2. The van der Waals surface area contributed by atoms with Crippen LogP contribution in [-0.2, 0) is 6.54 Å². The summed E-state index contributed by atoms with van der Waals surface area (Å²) in [5.41, 5.74) is 7.91. The molecule has 0 atom stereocenters. The van der Waals surface area contributed by atoms with E-state index in [1.165, 1.54) is 29.5 Å². The summed E-state index contributed by atoms with van der Waals surface area (Å²) in [4.78, 5) is 9.46. The third-order valence-electron chi connectivity index (χ3n) is 6.26. The van der Waals surface area contributed by atoms with E-state index in [0.717, 1.165) is 54.5 Å². The highest BCUT2D eigenvalue weighted by Crippen LogP contribution is 2.42. The molecule has 0 unspecified atom stereocenters. The Morgan fingerprint density at radius 1 is 1.06 bits per heavy atom. The highest BCUT2D eigenvalue weighted by atomic mass is 15.3. The molecule has 4 heterocycles. The molecule has 0 saturated heterocycles. The summed E-state index contributed by atoms with van der Waals surface area (Å²) in [6.07, 6.45) is 9.66. The van der Waals surface area contributed by atoms with Crippen molar-refractivity contribution in [3.63, 3.8) is 0 Å². The highest BCUT2D eigenvalue weighted by molar-refractivity contribution is 5.70. The van der Waals surface area contributed by atoms with Crippen LogP contribution >= 0.6 is 0 Å². The van der Waals surface area contributed by atoms with Crippen LogP contribution in [0.1, 0.15) is 42.0 Å². The minimum Gasteiger partial charge on any atom is -0.366 e. The van der Waals surface area contributed by atoms with Gasteiger partial charge in [0.05, 0.1) is 17.6 Å². The summed E-state index contributed by atoms with van der Waals surface area (Å²) in [6.45, 7) is 2.62. The maximum absolute atomic E-state index is 5.03. The Hall–Kier alpha value is -3.51. The van der Waals surface area contributed by atoms with E-state index >= 15 is 0 Å². The number of rotatable bonds is 6. The molecule has 2 aliphatic rings. The Bertz CT molecular complexity index is 1270. The van der Waals surface area contributed by atoms with Crippen molar-refractivity contribution in [1.82, 2.24) is 24.9 Å². The molecule has 1 saturated carbocycles. The first kappa shape index (κ1) is 19.2. The predicted octanol–water partition coefficient (Wildman–Crippen LogP) is 4.66. The third-order valence-corrected chi connectivity index (χ3v) is 6.26. The molecule has 1 aliphatic heterocycles. The fraction of sp³-hybridized carbons (Fsp3) is 0.269. The number of anilines is 1. The Morgan fingerprint density at radius 2 is 1.97 bits per heavy atom. The van der Waals surface area contributed by atoms with Crippen LogP contribution in [0.15, 0.2) is 67.0 Å². The molecule has 0 bridgehead atoms. The topological polar surface area (TPSA) is 67.1 Å². The molecule has 6 nitrogen and oxygen atoms in total. The molecular weight excluding hydrogens is 396 g/mol. The lowest BCUT2D eigenvalue weighted by atomic mass is 10.1. The monoisotopic (exact) mass is 422 g/mol. The number of pyridine rings is 1. The van der Waals surface area contributed by atoms with Gasteiger partial charge in [-0.05, 0) is 55.0 Å². The number of hydrogen-bond acceptors (Lipinski definition) is 5. The summed E-state index contributed by atoms with van der Waals surface area (Å²) in [7, 11) is 0. The van der Waals surface area contributed by atoms with Crippen LogP contribution < -0.4 is 10.6 Å². The SMILES string of the molecule is C1=C(c2cc(NCc3ccc(-c4ccccn4)cc3)n3ncc(C4CC4)c3n2)CNCC1. The minimum atomic E-state index is 0.612. The molecule has 3 aromatic heterocycles. The van der Waals surface area contributed by atoms with E-state index in [-0.39, 0.29) is 0 Å². The van der Waals surface area contributed by atoms with Crippen molar-refractivity contribution in [2.24, 2.45) is 0 Å². The maximum Gasteiger partial charge on any atom is 0.161 e. The Labute approximate surface area is 187 Å². The first-order valence-corrected chi connectivity index (χ1v) is 11.4. The molecule has 6 rings (SSSR count). The summed E-state index contributed by atoms with van der Waals surface area (Å²) < 4.78 is 1.97. The summed E-state index contributed by atoms with van der Waals surface area (Å²) in [6, 6.07) is 16.7. The second-order valence-corrected chi connectivity index (χ2v) is 8.60. The van der Waals surface area contributed by atoms with Crippen LogP contribution in [0.5, 0.6) is 0 Å². The van der Waals surface area contributed by atoms with E-state index in [1.54, 1.807) is 0 Å². The molecule has 0 amide bonds. The van der Waals surface area contributed by atoms with Gasteiger partial charge in [-0.1, -0.05) is 36.4 Å². The molecule has 1 aliphatic carbocycles. The van der Waals surface area contributed by atoms with Gasteiger partial charge in [0.1, 0.15) is 5.82 Å². The Balaban J connectivity index is 1.29. The van der Waals surface area contributed by atoms with Crippen LogP contribution in [-0.4, -0.2) is 32.7 Å². The van der Waals surface area contributed by atoms with Crippen molar-refractivity contribution < 1.29 is 0 Å². The zero-order valence-corrected chi connectivity index (χ0v) is 18.0. The van der Waals surface area contributed by atoms with Gasteiger partial charge < -0.3 is 10.6 Å². The van der Waals surface area contributed by atoms with Gasteiger partial charge in [0, 0.05) is 36.5 Å². The van der Waals surface area contributed by atoms with Crippen LogP contribution in [0.2, 0.25) is 0 Å². The highest BCUT2D eigenvalue weighted by Gasteiger charge is 2.28. The van der Waals surface area contributed by atoms with Crippen molar-refractivity contribution >= 4 is 17.0 Å². The van der Waals surface area contributed by atoms with Crippen LogP contribution in [0.3, 0.4) is 0 Å². The van der Waals surface area contributed by atoms with Crippen molar-refractivity contribution in [3.05, 3.63) is 83.8 Å². The lowest BCUT2D eigenvalue weighted by Crippen LogP contribution is -2.22. The van der Waals surface area contributed by atoms with Gasteiger partial charge in [-0.25, -0.2) is 4.98 Å². The van der Waals surface area contributed by atoms with E-state index in [9.17, 15) is 0 Å². The minimum absolute atomic E-state index is 0.612. The van der Waals surface area contributed by atoms with Gasteiger partial charge in [0.2, 0.25) is 0 Å². The van der Waals surface area contributed by atoms with Gasteiger partial charge in [-0.3, -0.25) is 4.98 Å². The van der Waals surface area contributed by atoms with Gasteiger partial charge >= 0.3 is 0 Å². The average molecular weight is 423 g/mol. The van der Waals surface area contributed by atoms with Crippen molar-refractivity contribution in [2.75, 3.05) is 18.4 Å². The van der Waals surface area contributed by atoms with Gasteiger partial charge in [-0.2, -0.15) is 9.61 Å². The largest absolute Gasteiger partial charge is 0.366 e. The predicted molar refractivity (Wildman–Crippen MR) is 127 cm³/mol. The molecule has 0 spiro atoms. The molecule has 0 radical (unpaired) electrons. The Morgan fingerprint density at radius 3 is 2.72 bits per heavy atom. The van der Waals surface area contributed by atoms with Crippen LogP contribution in [0.25, 0.3) is 22.5 Å². The number of benzene rings is 1. The van der Waals surface area contributed by atoms with Crippen molar-refractivity contribution in [1.29, 1.82) is 0 Å². The van der Waals surface area contributed by atoms with Gasteiger partial charge in [0.25, 0.3) is 0 Å². The van der Waals surface area contributed by atoms with Crippen LogP contribution in [0.4, 0.5) is 5.82 Å². The van der Waals surface area contributed by atoms with E-state index in [4.69, 9.17) is 4.98 Å². The number of hydrogen-bond donors (Lipinski definition) is 2. The van der Waals surface area contributed by atoms with E-state index in [1.807, 2.05) is 35.1 Å². The van der Waals surface area contributed by atoms with Crippen molar-refractivity contribution in [3.8, 4) is 11.3 Å². The van der Waals surface area contributed by atoms with E-state index in [0.29, 0.717) is 5.92 Å². The van der Waals surface area contributed by atoms with Gasteiger partial charge in [-0.15, -0.1) is 0 Å². The van der Waals surface area contributed by atoms with Crippen LogP contribution in [0, 0.1) is 0 Å². The Kier molecular flexibility index (Phi) is 4.92. The molecule has 4 aromatic rings. The molecular formula is C26H26N6. The van der Waals surface area contributed by atoms with Crippen molar-refractivity contribution in [2.45, 2.75) is 31.7 Å². The second-order valence-electron chi connectivity index (χ2n) is 8.60. The lowest BCUT2D eigenvalue weighted by molar-refractivity contribution is 0.737. The fourth-order valence-corrected chi connectivity index (χ4v) is 4.31. The average Bonchev–Trinajstić information content (AvgIpc) is 3.62. The summed E-state index contributed by atoms with van der Waals surface area (Å²) in [5.74, 6) is 1.60. The number of nitrogens with one attached hydrogen (secondary N) is 2. The molecule has 1 aromatic carbocycles. The molecule has 32 heavy (non-hydrogen) atoms. The van der Waals surface area contributed by atoms with E-state index < -0.39 is 0 Å². The molecule has 6 heteroatoms. The lowest BCUT2D eigenvalue weighted by Gasteiger charge is -2.16. The second kappa shape index (κ2) is 8.20. The first-order valence-electron chi connectivity index (χ1n) is 11.4. The van der Waals surface area contributed by atoms with Gasteiger partial charge in [0.15, 0.2) is 5.65 Å². The zero-order chi connectivity index (χ0) is 21.3. The quantitative estimate of drug-likeness (QED) is 0.473. The smallest absolute Gasteiger partial charge is 0.161 e. The summed E-state index contributed by atoms with van der Waals surface area (Å²) in [5, 5.41) is 11.8. The zero-order valence-electron chi connectivity index (χ0n) is 18.0. The first-order chi connectivity index (χ1) is 15.8.